The van der Waals surface area contributed by atoms with Crippen molar-refractivity contribution < 1.29 is 9.59 Å². The molecule has 2 heterocycles. The van der Waals surface area contributed by atoms with Crippen molar-refractivity contribution >= 4 is 39.3 Å². The zero-order chi connectivity index (χ0) is 31.8. The maximum Gasteiger partial charge on any atom is 0.268 e. The van der Waals surface area contributed by atoms with Gasteiger partial charge in [-0.15, -0.1) is 13.2 Å². The van der Waals surface area contributed by atoms with E-state index in [1.807, 2.05) is 109 Å². The van der Waals surface area contributed by atoms with Crippen molar-refractivity contribution in [3.05, 3.63) is 169 Å². The number of fused-ring (bicyclic) bond motifs is 4. The minimum atomic E-state index is -0.346. The highest BCUT2D eigenvalue weighted by Crippen LogP contribution is 2.39. The van der Waals surface area contributed by atoms with Gasteiger partial charge in [0.15, 0.2) is 0 Å². The summed E-state index contributed by atoms with van der Waals surface area (Å²) in [6.45, 7) is 6.00. The molecule has 5 heteroatoms. The first-order chi connectivity index (χ1) is 22.6. The Kier molecular flexibility index (Phi) is 7.09. The van der Waals surface area contributed by atoms with Crippen LogP contribution in [0.1, 0.15) is 26.3 Å². The Morgan fingerprint density at radius 1 is 0.543 bits per heavy atom. The van der Waals surface area contributed by atoms with Crippen molar-refractivity contribution in [1.82, 2.24) is 4.57 Å². The zero-order valence-electron chi connectivity index (χ0n) is 24.9. The van der Waals surface area contributed by atoms with Gasteiger partial charge in [-0.1, -0.05) is 84.9 Å². The first-order valence-corrected chi connectivity index (χ1v) is 14.8. The Morgan fingerprint density at radius 3 is 2.00 bits per heavy atom. The molecule has 0 aliphatic carbocycles. The number of carbonyl (C=O) groups is 2. The van der Waals surface area contributed by atoms with Crippen LogP contribution >= 0.6 is 0 Å². The van der Waals surface area contributed by atoms with Crippen molar-refractivity contribution in [3.8, 4) is 34.0 Å². The molecule has 0 saturated heterocycles. The van der Waals surface area contributed by atoms with Crippen molar-refractivity contribution in [2.75, 3.05) is 4.90 Å². The molecule has 0 fully saturated rings. The van der Waals surface area contributed by atoms with Crippen LogP contribution in [-0.4, -0.2) is 16.4 Å². The number of para-hydroxylation sites is 1. The van der Waals surface area contributed by atoms with Crippen LogP contribution in [0, 0.1) is 11.3 Å². The Balaban J connectivity index is 0.00000166. The fraction of sp³-hybridized carbons (Fsp3) is 0. The predicted molar refractivity (Wildman–Crippen MR) is 185 cm³/mol. The summed E-state index contributed by atoms with van der Waals surface area (Å²) in [4.78, 5) is 29.3. The number of carbonyl (C=O) groups excluding carboxylic acids is 2. The number of imide groups is 1. The molecule has 0 saturated carbocycles. The van der Waals surface area contributed by atoms with Gasteiger partial charge in [-0.2, -0.15) is 5.26 Å². The van der Waals surface area contributed by atoms with Gasteiger partial charge in [0.1, 0.15) is 0 Å². The minimum absolute atomic E-state index is 0.336. The average Bonchev–Trinajstić information content (AvgIpc) is 3.59. The number of anilines is 1. The number of benzene rings is 6. The van der Waals surface area contributed by atoms with E-state index in [0.29, 0.717) is 28.1 Å². The SMILES string of the molecule is C=C.N#Cc1cccc(-c2ccc3c(c2)c2ccccc2n3-c2cccc3c2C(=O)N(c2cccc(-c4ccccc4)c2)C3=O)c1. The molecule has 5 nitrogen and oxygen atoms in total. The molecule has 218 valence electrons. The quantitative estimate of drug-likeness (QED) is 0.151. The van der Waals surface area contributed by atoms with Crippen molar-refractivity contribution in [2.24, 2.45) is 0 Å². The fourth-order valence-corrected chi connectivity index (χ4v) is 6.32. The van der Waals surface area contributed by atoms with Crippen molar-refractivity contribution in [1.29, 1.82) is 5.26 Å². The van der Waals surface area contributed by atoms with Crippen LogP contribution < -0.4 is 4.90 Å². The topological polar surface area (TPSA) is 66.1 Å². The van der Waals surface area contributed by atoms with Crippen LogP contribution in [0.2, 0.25) is 0 Å². The van der Waals surface area contributed by atoms with E-state index in [0.717, 1.165) is 44.1 Å². The number of aromatic nitrogens is 1. The number of hydrogen-bond acceptors (Lipinski definition) is 3. The Labute approximate surface area is 266 Å². The van der Waals surface area contributed by atoms with Gasteiger partial charge >= 0.3 is 0 Å². The third-order valence-electron chi connectivity index (χ3n) is 8.34. The standard InChI is InChI=1S/C39H23N3O2.C2H4/c40-24-25-9-6-12-27(21-25)29-19-20-35-33(23-29)31-15-4-5-17-34(31)42(35)36-18-8-16-32-37(36)39(44)41(38(32)43)30-14-7-13-28(22-30)26-10-2-1-3-11-26;1-2/h1-23H;1-2H2. The van der Waals surface area contributed by atoms with E-state index in [1.165, 1.54) is 4.90 Å². The number of nitriles is 1. The molecule has 6 aromatic carbocycles. The van der Waals surface area contributed by atoms with E-state index in [9.17, 15) is 14.9 Å². The molecule has 1 aromatic heterocycles. The van der Waals surface area contributed by atoms with Gasteiger partial charge in [-0.25, -0.2) is 4.90 Å². The molecule has 0 bridgehead atoms. The van der Waals surface area contributed by atoms with Gasteiger partial charge in [0.25, 0.3) is 11.8 Å². The van der Waals surface area contributed by atoms with Crippen LogP contribution in [0.25, 0.3) is 49.7 Å². The number of rotatable bonds is 4. The van der Waals surface area contributed by atoms with Gasteiger partial charge in [0.2, 0.25) is 0 Å². The lowest BCUT2D eigenvalue weighted by molar-refractivity contribution is 0.0926. The lowest BCUT2D eigenvalue weighted by Gasteiger charge is -2.16. The molecule has 46 heavy (non-hydrogen) atoms. The minimum Gasteiger partial charge on any atom is -0.308 e. The van der Waals surface area contributed by atoms with Gasteiger partial charge in [-0.05, 0) is 76.9 Å². The number of hydrogen-bond donors (Lipinski definition) is 0. The van der Waals surface area contributed by atoms with Crippen LogP contribution in [-0.2, 0) is 0 Å². The second kappa shape index (κ2) is 11.5. The summed E-state index contributed by atoms with van der Waals surface area (Å²) < 4.78 is 2.08. The summed E-state index contributed by atoms with van der Waals surface area (Å²) in [6.07, 6.45) is 0. The summed E-state index contributed by atoms with van der Waals surface area (Å²) in [5.41, 5.74) is 8.31. The second-order valence-electron chi connectivity index (χ2n) is 10.8. The third kappa shape index (κ3) is 4.49. The van der Waals surface area contributed by atoms with E-state index in [1.54, 1.807) is 18.2 Å². The summed E-state index contributed by atoms with van der Waals surface area (Å²) in [7, 11) is 0. The largest absolute Gasteiger partial charge is 0.308 e. The van der Waals surface area contributed by atoms with Gasteiger partial charge in [0, 0.05) is 10.8 Å². The number of amides is 2. The van der Waals surface area contributed by atoms with Gasteiger partial charge in [0.05, 0.1) is 45.2 Å². The highest BCUT2D eigenvalue weighted by Gasteiger charge is 2.39. The lowest BCUT2D eigenvalue weighted by Crippen LogP contribution is -2.29. The summed E-state index contributed by atoms with van der Waals surface area (Å²) in [5.74, 6) is -0.681. The molecule has 0 atom stereocenters. The molecule has 1 aliphatic rings. The monoisotopic (exact) mass is 593 g/mol. The Hall–Kier alpha value is -6.51. The van der Waals surface area contributed by atoms with E-state index in [2.05, 4.69) is 35.9 Å². The lowest BCUT2D eigenvalue weighted by atomic mass is 10.0. The molecular formula is C41H27N3O2. The molecule has 0 spiro atoms. The predicted octanol–water partition coefficient (Wildman–Crippen LogP) is 9.59. The first-order valence-electron chi connectivity index (χ1n) is 14.8. The third-order valence-corrected chi connectivity index (χ3v) is 8.34. The van der Waals surface area contributed by atoms with Crippen LogP contribution in [0.5, 0.6) is 0 Å². The maximum atomic E-state index is 14.2. The van der Waals surface area contributed by atoms with E-state index in [-0.39, 0.29) is 11.8 Å². The van der Waals surface area contributed by atoms with Crippen molar-refractivity contribution in [2.45, 2.75) is 0 Å². The fourth-order valence-electron chi connectivity index (χ4n) is 6.32. The van der Waals surface area contributed by atoms with Crippen LogP contribution in [0.4, 0.5) is 5.69 Å². The smallest absolute Gasteiger partial charge is 0.268 e. The highest BCUT2D eigenvalue weighted by atomic mass is 16.2. The molecule has 0 N–H and O–H groups in total. The molecule has 8 rings (SSSR count). The van der Waals surface area contributed by atoms with Crippen LogP contribution in [0.3, 0.4) is 0 Å². The Morgan fingerprint density at radius 2 is 1.20 bits per heavy atom. The molecular weight excluding hydrogens is 566 g/mol. The van der Waals surface area contributed by atoms with Gasteiger partial charge in [-0.3, -0.25) is 9.59 Å². The number of nitrogens with zero attached hydrogens (tertiary/aromatic N) is 3. The van der Waals surface area contributed by atoms with E-state index >= 15 is 0 Å². The van der Waals surface area contributed by atoms with E-state index < -0.39 is 0 Å². The van der Waals surface area contributed by atoms with Gasteiger partial charge < -0.3 is 4.57 Å². The summed E-state index contributed by atoms with van der Waals surface area (Å²) in [6, 6.07) is 47.0. The second-order valence-corrected chi connectivity index (χ2v) is 10.8. The molecule has 0 radical (unpaired) electrons. The summed E-state index contributed by atoms with van der Waals surface area (Å²) >= 11 is 0. The average molecular weight is 594 g/mol. The first kappa shape index (κ1) is 28.3. The van der Waals surface area contributed by atoms with Crippen molar-refractivity contribution in [3.63, 3.8) is 0 Å². The van der Waals surface area contributed by atoms with E-state index in [4.69, 9.17) is 0 Å². The maximum absolute atomic E-state index is 14.2. The molecule has 0 unspecified atom stereocenters. The molecule has 7 aromatic rings. The Bertz CT molecular complexity index is 2360. The zero-order valence-corrected chi connectivity index (χ0v) is 24.9. The molecule has 1 aliphatic heterocycles. The summed E-state index contributed by atoms with van der Waals surface area (Å²) in [5, 5.41) is 11.5. The van der Waals surface area contributed by atoms with Crippen LogP contribution in [0.15, 0.2) is 153 Å². The normalized spacial score (nSPS) is 12.1. The molecule has 2 amide bonds. The highest BCUT2D eigenvalue weighted by molar-refractivity contribution is 6.36.